The zero-order chi connectivity index (χ0) is 10.1. The molecule has 1 aromatic carbocycles. The Morgan fingerprint density at radius 1 is 1.43 bits per heavy atom. The van der Waals surface area contributed by atoms with Crippen LogP contribution < -0.4 is 5.43 Å². The molecule has 0 saturated heterocycles. The Balaban J connectivity index is 2.86. The van der Waals surface area contributed by atoms with Crippen molar-refractivity contribution in [2.75, 3.05) is 0 Å². The van der Waals surface area contributed by atoms with Gasteiger partial charge in [-0.25, -0.2) is 0 Å². The summed E-state index contributed by atoms with van der Waals surface area (Å²) < 4.78 is 1.00. The number of aromatic nitrogens is 1. The van der Waals surface area contributed by atoms with E-state index in [1.807, 2.05) is 12.1 Å². The molecule has 0 fully saturated rings. The van der Waals surface area contributed by atoms with E-state index in [2.05, 4.69) is 27.8 Å². The van der Waals surface area contributed by atoms with Crippen LogP contribution >= 0.6 is 15.9 Å². The number of rotatable bonds is 1. The minimum Gasteiger partial charge on any atom is -0.361 e. The number of benzene rings is 1. The minimum absolute atomic E-state index is 0.0575. The number of hydrogen-bond donors (Lipinski definition) is 1. The first-order valence-electron chi connectivity index (χ1n) is 4.52. The van der Waals surface area contributed by atoms with Gasteiger partial charge >= 0.3 is 0 Å². The van der Waals surface area contributed by atoms with E-state index in [-0.39, 0.29) is 5.43 Å². The van der Waals surface area contributed by atoms with Crippen molar-refractivity contribution in [2.24, 2.45) is 0 Å². The smallest absolute Gasteiger partial charge is 0.189 e. The summed E-state index contributed by atoms with van der Waals surface area (Å²) in [6.07, 6.45) is 2.63. The molecule has 2 nitrogen and oxygen atoms in total. The van der Waals surface area contributed by atoms with Gasteiger partial charge in [-0.05, 0) is 24.1 Å². The van der Waals surface area contributed by atoms with Crippen LogP contribution in [-0.4, -0.2) is 4.98 Å². The molecule has 0 aliphatic rings. The highest BCUT2D eigenvalue weighted by Crippen LogP contribution is 2.21. The Labute approximate surface area is 90.1 Å². The molecule has 0 aliphatic heterocycles. The van der Waals surface area contributed by atoms with Gasteiger partial charge in [0, 0.05) is 27.6 Å². The van der Waals surface area contributed by atoms with Crippen molar-refractivity contribution in [1.82, 2.24) is 4.98 Å². The molecular weight excluding hydrogens is 242 g/mol. The van der Waals surface area contributed by atoms with Gasteiger partial charge in [0.1, 0.15) is 0 Å². The van der Waals surface area contributed by atoms with Crippen molar-refractivity contribution in [1.29, 1.82) is 0 Å². The summed E-state index contributed by atoms with van der Waals surface area (Å²) in [5.41, 5.74) is 2.17. The molecule has 0 saturated carbocycles. The molecule has 1 heterocycles. The van der Waals surface area contributed by atoms with Crippen LogP contribution in [0.3, 0.4) is 0 Å². The Hall–Kier alpha value is -1.09. The molecule has 1 aromatic heterocycles. The van der Waals surface area contributed by atoms with Crippen molar-refractivity contribution in [3.05, 3.63) is 44.7 Å². The first-order chi connectivity index (χ1) is 6.72. The van der Waals surface area contributed by atoms with Crippen LogP contribution in [0.4, 0.5) is 0 Å². The molecule has 0 bridgehead atoms. The van der Waals surface area contributed by atoms with Crippen LogP contribution in [0.5, 0.6) is 0 Å². The van der Waals surface area contributed by atoms with Gasteiger partial charge < -0.3 is 4.98 Å². The van der Waals surface area contributed by atoms with Gasteiger partial charge in [0.15, 0.2) is 5.43 Å². The van der Waals surface area contributed by atoms with E-state index in [1.165, 1.54) is 5.56 Å². The van der Waals surface area contributed by atoms with Crippen LogP contribution in [0.2, 0.25) is 0 Å². The third-order valence-electron chi connectivity index (χ3n) is 2.31. The molecule has 1 N–H and O–H groups in total. The normalized spacial score (nSPS) is 10.7. The topological polar surface area (TPSA) is 32.9 Å². The van der Waals surface area contributed by atoms with E-state index < -0.39 is 0 Å². The lowest BCUT2D eigenvalue weighted by atomic mass is 10.1. The lowest BCUT2D eigenvalue weighted by Crippen LogP contribution is -2.00. The summed E-state index contributed by atoms with van der Waals surface area (Å²) in [7, 11) is 0. The lowest BCUT2D eigenvalue weighted by Gasteiger charge is -2.03. The fourth-order valence-corrected chi connectivity index (χ4v) is 2.13. The van der Waals surface area contributed by atoms with E-state index in [4.69, 9.17) is 0 Å². The fourth-order valence-electron chi connectivity index (χ4n) is 1.51. The van der Waals surface area contributed by atoms with Crippen molar-refractivity contribution in [2.45, 2.75) is 13.3 Å². The number of hydrogen-bond acceptors (Lipinski definition) is 1. The second-order valence-electron chi connectivity index (χ2n) is 3.18. The molecule has 3 heteroatoms. The average Bonchev–Trinajstić information content (AvgIpc) is 2.19. The highest BCUT2D eigenvalue weighted by Gasteiger charge is 2.03. The lowest BCUT2D eigenvalue weighted by molar-refractivity contribution is 1.13. The summed E-state index contributed by atoms with van der Waals surface area (Å²) in [5, 5.41) is 0.733. The van der Waals surface area contributed by atoms with Crippen molar-refractivity contribution in [3.63, 3.8) is 0 Å². The Kier molecular flexibility index (Phi) is 2.42. The maximum absolute atomic E-state index is 11.5. The number of pyridine rings is 1. The van der Waals surface area contributed by atoms with Crippen molar-refractivity contribution in [3.8, 4) is 0 Å². The summed E-state index contributed by atoms with van der Waals surface area (Å²) in [4.78, 5) is 14.6. The highest BCUT2D eigenvalue weighted by atomic mass is 79.9. The predicted octanol–water partition coefficient (Wildman–Crippen LogP) is 2.85. The summed E-state index contributed by atoms with van der Waals surface area (Å²) >= 11 is 3.46. The van der Waals surface area contributed by atoms with Crippen LogP contribution in [0.25, 0.3) is 10.9 Å². The quantitative estimate of drug-likeness (QED) is 0.831. The zero-order valence-corrected chi connectivity index (χ0v) is 9.39. The number of halogens is 1. The third kappa shape index (κ3) is 1.48. The Bertz CT molecular complexity index is 530. The third-order valence-corrected chi connectivity index (χ3v) is 3.04. The maximum Gasteiger partial charge on any atom is 0.189 e. The number of nitrogens with one attached hydrogen (secondary N) is 1. The number of aryl methyl sites for hydroxylation is 1. The van der Waals surface area contributed by atoms with Crippen LogP contribution in [0.1, 0.15) is 12.5 Å². The molecule has 2 aromatic rings. The first-order valence-corrected chi connectivity index (χ1v) is 5.31. The monoisotopic (exact) mass is 251 g/mol. The summed E-state index contributed by atoms with van der Waals surface area (Å²) in [6.45, 7) is 2.09. The molecular formula is C11H10BrNO. The van der Waals surface area contributed by atoms with Gasteiger partial charge in [0.05, 0.1) is 0 Å². The number of fused-ring (bicyclic) bond motifs is 1. The van der Waals surface area contributed by atoms with Gasteiger partial charge in [-0.3, -0.25) is 4.79 Å². The molecule has 0 amide bonds. The number of aromatic amines is 1. The average molecular weight is 252 g/mol. The fraction of sp³-hybridized carbons (Fsp3) is 0.182. The molecule has 2 rings (SSSR count). The van der Waals surface area contributed by atoms with Gasteiger partial charge in [-0.1, -0.05) is 22.9 Å². The molecule has 0 atom stereocenters. The maximum atomic E-state index is 11.5. The largest absolute Gasteiger partial charge is 0.361 e. The van der Waals surface area contributed by atoms with Gasteiger partial charge in [-0.15, -0.1) is 0 Å². The summed E-state index contributed by atoms with van der Waals surface area (Å²) in [5.74, 6) is 0. The standard InChI is InChI=1S/C11H10BrNO/c1-2-7-5-10-8(6-9(7)12)11(14)3-4-13-10/h3-6H,2H2,1H3,(H,13,14). The van der Waals surface area contributed by atoms with Gasteiger partial charge in [0.25, 0.3) is 0 Å². The molecule has 0 aliphatic carbocycles. The predicted molar refractivity (Wildman–Crippen MR) is 61.6 cm³/mol. The Morgan fingerprint density at radius 3 is 2.93 bits per heavy atom. The van der Waals surface area contributed by atoms with E-state index in [0.717, 1.165) is 21.8 Å². The van der Waals surface area contributed by atoms with Crippen molar-refractivity contribution >= 4 is 26.8 Å². The van der Waals surface area contributed by atoms with Crippen LogP contribution in [-0.2, 0) is 6.42 Å². The number of H-pyrrole nitrogens is 1. The van der Waals surface area contributed by atoms with Gasteiger partial charge in [-0.2, -0.15) is 0 Å². The highest BCUT2D eigenvalue weighted by molar-refractivity contribution is 9.10. The van der Waals surface area contributed by atoms with Gasteiger partial charge in [0.2, 0.25) is 0 Å². The van der Waals surface area contributed by atoms with E-state index >= 15 is 0 Å². The molecule has 0 spiro atoms. The SMILES string of the molecule is CCc1cc2[nH]ccc(=O)c2cc1Br. The van der Waals surface area contributed by atoms with E-state index in [0.29, 0.717) is 0 Å². The zero-order valence-electron chi connectivity index (χ0n) is 7.80. The van der Waals surface area contributed by atoms with Crippen molar-refractivity contribution < 1.29 is 0 Å². The minimum atomic E-state index is 0.0575. The van der Waals surface area contributed by atoms with E-state index in [1.54, 1.807) is 12.3 Å². The molecule has 72 valence electrons. The Morgan fingerprint density at radius 2 is 2.21 bits per heavy atom. The molecule has 0 unspecified atom stereocenters. The van der Waals surface area contributed by atoms with Crippen LogP contribution in [0.15, 0.2) is 33.7 Å². The first kappa shape index (κ1) is 9.46. The molecule has 0 radical (unpaired) electrons. The summed E-state index contributed by atoms with van der Waals surface area (Å²) in [6, 6.07) is 5.44. The van der Waals surface area contributed by atoms with E-state index in [9.17, 15) is 4.79 Å². The second-order valence-corrected chi connectivity index (χ2v) is 4.04. The second kappa shape index (κ2) is 3.58. The molecule has 14 heavy (non-hydrogen) atoms. The van der Waals surface area contributed by atoms with Crippen LogP contribution in [0, 0.1) is 0 Å².